The third kappa shape index (κ3) is 3.17. The molecule has 1 aliphatic heterocycles. The van der Waals surface area contributed by atoms with Gasteiger partial charge in [0.25, 0.3) is 10.0 Å². The summed E-state index contributed by atoms with van der Waals surface area (Å²) in [7, 11) is -4.18. The Balaban J connectivity index is 2.02. The molecule has 1 saturated heterocycles. The minimum Gasteiger partial charge on any atom is -0.274 e. The zero-order valence-electron chi connectivity index (χ0n) is 13.2. The minimum absolute atomic E-state index is 0.00882. The Labute approximate surface area is 158 Å². The van der Waals surface area contributed by atoms with Crippen LogP contribution in [0.25, 0.3) is 0 Å². The van der Waals surface area contributed by atoms with Gasteiger partial charge in [-0.05, 0) is 43.5 Å². The van der Waals surface area contributed by atoms with E-state index in [9.17, 15) is 26.4 Å². The summed E-state index contributed by atoms with van der Waals surface area (Å²) in [6, 6.07) is 3.34. The summed E-state index contributed by atoms with van der Waals surface area (Å²) in [4.78, 5) is 12.1. The smallest absolute Gasteiger partial charge is 0.274 e. The number of hydrogen-bond donors (Lipinski definition) is 0. The van der Waals surface area contributed by atoms with Gasteiger partial charge in [-0.2, -0.15) is 13.2 Å². The van der Waals surface area contributed by atoms with Crippen molar-refractivity contribution >= 4 is 38.5 Å². The third-order valence-corrected chi connectivity index (χ3v) is 8.72. The van der Waals surface area contributed by atoms with Gasteiger partial charge in [0.2, 0.25) is 5.91 Å². The average Bonchev–Trinajstić information content (AvgIpc) is 2.88. The van der Waals surface area contributed by atoms with Crippen molar-refractivity contribution in [1.82, 2.24) is 4.31 Å². The molecule has 25 heavy (non-hydrogen) atoms. The van der Waals surface area contributed by atoms with E-state index in [0.29, 0.717) is 12.8 Å². The molecule has 0 bridgehead atoms. The second kappa shape index (κ2) is 6.40. The van der Waals surface area contributed by atoms with Gasteiger partial charge in [0.05, 0.1) is 16.0 Å². The molecule has 4 nitrogen and oxygen atoms in total. The quantitative estimate of drug-likeness (QED) is 0.466. The van der Waals surface area contributed by atoms with Crippen LogP contribution < -0.4 is 0 Å². The molecule has 0 radical (unpaired) electrons. The summed E-state index contributed by atoms with van der Waals surface area (Å²) in [5.41, 5.74) is -1.67. The van der Waals surface area contributed by atoms with Crippen LogP contribution in [0.1, 0.15) is 44.1 Å². The molecule has 1 aliphatic carbocycles. The van der Waals surface area contributed by atoms with Crippen LogP contribution in [0.4, 0.5) is 13.2 Å². The van der Waals surface area contributed by atoms with Crippen LogP contribution >= 0.6 is 22.6 Å². The number of amides is 1. The largest absolute Gasteiger partial charge is 0.416 e. The summed E-state index contributed by atoms with van der Waals surface area (Å²) in [5.74, 6) is -0.469. The number of benzene rings is 1. The van der Waals surface area contributed by atoms with E-state index >= 15 is 0 Å². The van der Waals surface area contributed by atoms with Crippen molar-refractivity contribution in [3.63, 3.8) is 0 Å². The SMILES string of the molecule is O=C1CCC2(CCCCC2I)N1S(=O)(=O)c1ccc(C(F)(F)F)cc1. The zero-order chi connectivity index (χ0) is 18.5. The molecule has 9 heteroatoms. The second-order valence-corrected chi connectivity index (χ2v) is 9.79. The molecule has 1 aromatic carbocycles. The average molecular weight is 487 g/mol. The van der Waals surface area contributed by atoms with Gasteiger partial charge in [0, 0.05) is 10.3 Å². The molecule has 1 heterocycles. The van der Waals surface area contributed by atoms with Crippen molar-refractivity contribution in [3.8, 4) is 0 Å². The normalized spacial score (nSPS) is 27.9. The molecule has 2 atom stereocenters. The number of halogens is 4. The van der Waals surface area contributed by atoms with Gasteiger partial charge < -0.3 is 0 Å². The van der Waals surface area contributed by atoms with E-state index in [4.69, 9.17) is 0 Å². The molecule has 0 N–H and O–H groups in total. The zero-order valence-corrected chi connectivity index (χ0v) is 16.2. The van der Waals surface area contributed by atoms with Gasteiger partial charge in [0.15, 0.2) is 0 Å². The topological polar surface area (TPSA) is 54.5 Å². The molecule has 1 aromatic rings. The van der Waals surface area contributed by atoms with Crippen LogP contribution in [-0.2, 0) is 21.0 Å². The molecule has 1 amide bonds. The van der Waals surface area contributed by atoms with Crippen molar-refractivity contribution in [2.24, 2.45) is 0 Å². The van der Waals surface area contributed by atoms with Crippen molar-refractivity contribution in [2.75, 3.05) is 0 Å². The van der Waals surface area contributed by atoms with Crippen LogP contribution in [0.15, 0.2) is 29.2 Å². The number of hydrogen-bond acceptors (Lipinski definition) is 3. The van der Waals surface area contributed by atoms with Gasteiger partial charge >= 0.3 is 6.18 Å². The number of rotatable bonds is 2. The summed E-state index contributed by atoms with van der Waals surface area (Å²) in [6.07, 6.45) is -0.662. The Kier molecular flexibility index (Phi) is 4.85. The lowest BCUT2D eigenvalue weighted by molar-refractivity contribution is -0.137. The van der Waals surface area contributed by atoms with Crippen LogP contribution in [0.3, 0.4) is 0 Å². The van der Waals surface area contributed by atoms with E-state index in [1.807, 2.05) is 0 Å². The highest BCUT2D eigenvalue weighted by Crippen LogP contribution is 2.48. The van der Waals surface area contributed by atoms with E-state index in [-0.39, 0.29) is 15.2 Å². The number of sulfonamides is 1. The molecule has 1 saturated carbocycles. The first-order valence-corrected chi connectivity index (χ1v) is 10.7. The van der Waals surface area contributed by atoms with Crippen molar-refractivity contribution < 1.29 is 26.4 Å². The van der Waals surface area contributed by atoms with Crippen molar-refractivity contribution in [1.29, 1.82) is 0 Å². The third-order valence-electron chi connectivity index (χ3n) is 5.02. The predicted octanol–water partition coefficient (Wildman–Crippen LogP) is 4.13. The van der Waals surface area contributed by atoms with Crippen LogP contribution in [0.2, 0.25) is 0 Å². The summed E-state index contributed by atoms with van der Waals surface area (Å²) >= 11 is 2.20. The van der Waals surface area contributed by atoms with Crippen molar-refractivity contribution in [3.05, 3.63) is 29.8 Å². The van der Waals surface area contributed by atoms with Gasteiger partial charge in [-0.3, -0.25) is 4.79 Å². The first-order chi connectivity index (χ1) is 11.6. The molecule has 2 unspecified atom stereocenters. The van der Waals surface area contributed by atoms with E-state index < -0.39 is 33.2 Å². The van der Waals surface area contributed by atoms with E-state index in [2.05, 4.69) is 22.6 Å². The maximum atomic E-state index is 13.0. The monoisotopic (exact) mass is 487 g/mol. The lowest BCUT2D eigenvalue weighted by atomic mass is 9.81. The highest BCUT2D eigenvalue weighted by Gasteiger charge is 2.55. The number of carbonyl (C=O) groups is 1. The fraction of sp³-hybridized carbons (Fsp3) is 0.562. The molecule has 0 aromatic heterocycles. The Morgan fingerprint density at radius 1 is 1.12 bits per heavy atom. The Hall–Kier alpha value is -0.840. The fourth-order valence-corrected chi connectivity index (χ4v) is 7.13. The summed E-state index contributed by atoms with van der Waals surface area (Å²) in [5, 5.41) is 0. The van der Waals surface area contributed by atoms with Crippen LogP contribution in [0, 0.1) is 0 Å². The standard InChI is InChI=1S/C16H17F3INO3S/c17-16(18,19)11-4-6-12(7-5-11)25(23,24)21-14(22)8-10-15(21)9-2-1-3-13(15)20/h4-7,13H,1-3,8-10H2. The second-order valence-electron chi connectivity index (χ2n) is 6.50. The maximum absolute atomic E-state index is 13.0. The molecule has 138 valence electrons. The first kappa shape index (κ1) is 18.9. The first-order valence-electron chi connectivity index (χ1n) is 7.99. The molecule has 2 aliphatic rings. The number of nitrogens with zero attached hydrogens (tertiary/aromatic N) is 1. The Morgan fingerprint density at radius 2 is 1.76 bits per heavy atom. The maximum Gasteiger partial charge on any atom is 0.416 e. The summed E-state index contributed by atoms with van der Waals surface area (Å²) in [6.45, 7) is 0. The number of alkyl halides is 4. The number of carbonyl (C=O) groups excluding carboxylic acids is 1. The van der Waals surface area contributed by atoms with Crippen LogP contribution in [0.5, 0.6) is 0 Å². The van der Waals surface area contributed by atoms with Gasteiger partial charge in [0.1, 0.15) is 0 Å². The summed E-state index contributed by atoms with van der Waals surface area (Å²) < 4.78 is 65.2. The predicted molar refractivity (Wildman–Crippen MR) is 93.7 cm³/mol. The molecular formula is C16H17F3INO3S. The Bertz CT molecular complexity index is 779. The van der Waals surface area contributed by atoms with Gasteiger partial charge in [-0.25, -0.2) is 12.7 Å². The molecule has 2 fully saturated rings. The van der Waals surface area contributed by atoms with E-state index in [1.54, 1.807) is 0 Å². The Morgan fingerprint density at radius 3 is 2.32 bits per heavy atom. The molecular weight excluding hydrogens is 470 g/mol. The fourth-order valence-electron chi connectivity index (χ4n) is 3.76. The lowest BCUT2D eigenvalue weighted by Gasteiger charge is -2.44. The van der Waals surface area contributed by atoms with Crippen LogP contribution in [-0.4, -0.2) is 28.1 Å². The highest BCUT2D eigenvalue weighted by molar-refractivity contribution is 14.1. The van der Waals surface area contributed by atoms with Gasteiger partial charge in [-0.15, -0.1) is 0 Å². The van der Waals surface area contributed by atoms with E-state index in [1.165, 1.54) is 0 Å². The lowest BCUT2D eigenvalue weighted by Crippen LogP contribution is -2.55. The van der Waals surface area contributed by atoms with E-state index in [0.717, 1.165) is 47.8 Å². The van der Waals surface area contributed by atoms with Crippen molar-refractivity contribution in [2.45, 2.75) is 59.1 Å². The molecule has 3 rings (SSSR count). The minimum atomic E-state index is -4.54. The highest BCUT2D eigenvalue weighted by atomic mass is 127. The molecule has 1 spiro atoms. The van der Waals surface area contributed by atoms with Gasteiger partial charge in [-0.1, -0.05) is 35.4 Å².